The van der Waals surface area contributed by atoms with Crippen molar-refractivity contribution in [2.24, 2.45) is 0 Å². The number of hydrogen-bond donors (Lipinski definition) is 0. The second kappa shape index (κ2) is 8.01. The van der Waals surface area contributed by atoms with E-state index in [9.17, 15) is 14.9 Å². The van der Waals surface area contributed by atoms with Crippen molar-refractivity contribution in [1.82, 2.24) is 0 Å². The van der Waals surface area contributed by atoms with Gasteiger partial charge in [0, 0.05) is 29.0 Å². The Hall–Kier alpha value is -3.19. The predicted molar refractivity (Wildman–Crippen MR) is 104 cm³/mol. The lowest BCUT2D eigenvalue weighted by Crippen LogP contribution is -2.09. The zero-order valence-corrected chi connectivity index (χ0v) is 15.6. The number of rotatable bonds is 7. The molecule has 2 aromatic carbocycles. The van der Waals surface area contributed by atoms with Crippen molar-refractivity contribution in [3.63, 3.8) is 0 Å². The third-order valence-corrected chi connectivity index (χ3v) is 5.02. The molecule has 1 heterocycles. The summed E-state index contributed by atoms with van der Waals surface area (Å²) in [6.07, 6.45) is 0.0820. The fourth-order valence-electron chi connectivity index (χ4n) is 2.85. The molecule has 7 heteroatoms. The molecule has 0 saturated carbocycles. The molecule has 138 valence electrons. The number of nitrogens with zero attached hydrogens (tertiary/aromatic N) is 1. The Morgan fingerprint density at radius 1 is 1.07 bits per heavy atom. The first-order valence-electron chi connectivity index (χ1n) is 8.10. The summed E-state index contributed by atoms with van der Waals surface area (Å²) in [6, 6.07) is 13.4. The third-order valence-electron chi connectivity index (χ3n) is 4.12. The normalized spacial score (nSPS) is 10.4. The molecule has 0 unspecified atom stereocenters. The summed E-state index contributed by atoms with van der Waals surface area (Å²) >= 11 is 1.55. The lowest BCUT2D eigenvalue weighted by atomic mass is 9.98. The summed E-state index contributed by atoms with van der Waals surface area (Å²) in [4.78, 5) is 24.3. The van der Waals surface area contributed by atoms with Gasteiger partial charge >= 0.3 is 0 Å². The highest BCUT2D eigenvalue weighted by atomic mass is 32.1. The molecular formula is C20H17NO5S. The molecule has 1 aromatic heterocycles. The number of non-ortho nitro benzene ring substituents is 1. The van der Waals surface area contributed by atoms with Gasteiger partial charge in [-0.3, -0.25) is 14.9 Å². The van der Waals surface area contributed by atoms with Gasteiger partial charge in [-0.15, -0.1) is 11.3 Å². The Bertz CT molecular complexity index is 965. The summed E-state index contributed by atoms with van der Waals surface area (Å²) < 4.78 is 11.0. The van der Waals surface area contributed by atoms with Gasteiger partial charge in [0.2, 0.25) is 0 Å². The molecule has 0 aliphatic rings. The van der Waals surface area contributed by atoms with Gasteiger partial charge in [-0.05, 0) is 29.1 Å². The standard InChI is InChI=1S/C20H17NO5S/c1-25-17-10-9-15(18-4-3-11-27-18)20(26-2)19(17)16(22)12-13-5-7-14(8-6-13)21(23)24/h3-11H,12H2,1-2H3. The monoisotopic (exact) mass is 383 g/mol. The van der Waals surface area contributed by atoms with Gasteiger partial charge < -0.3 is 9.47 Å². The van der Waals surface area contributed by atoms with Crippen molar-refractivity contribution >= 4 is 22.8 Å². The molecule has 0 saturated heterocycles. The Balaban J connectivity index is 1.99. The van der Waals surface area contributed by atoms with Crippen LogP contribution < -0.4 is 9.47 Å². The van der Waals surface area contributed by atoms with Crippen molar-refractivity contribution < 1.29 is 19.2 Å². The first-order chi connectivity index (χ1) is 13.0. The summed E-state index contributed by atoms with van der Waals surface area (Å²) in [6.45, 7) is 0. The van der Waals surface area contributed by atoms with Crippen LogP contribution in [-0.2, 0) is 6.42 Å². The van der Waals surface area contributed by atoms with E-state index in [1.165, 1.54) is 26.4 Å². The maximum atomic E-state index is 13.0. The molecule has 0 bridgehead atoms. The number of carbonyl (C=O) groups is 1. The first kappa shape index (κ1) is 18.6. The van der Waals surface area contributed by atoms with E-state index >= 15 is 0 Å². The summed E-state index contributed by atoms with van der Waals surface area (Å²) in [5.74, 6) is 0.707. The van der Waals surface area contributed by atoms with Gasteiger partial charge in [0.25, 0.3) is 5.69 Å². The largest absolute Gasteiger partial charge is 0.496 e. The maximum absolute atomic E-state index is 13.0. The molecule has 6 nitrogen and oxygen atoms in total. The van der Waals surface area contributed by atoms with Crippen molar-refractivity contribution in [3.05, 3.63) is 75.2 Å². The first-order valence-corrected chi connectivity index (χ1v) is 8.98. The lowest BCUT2D eigenvalue weighted by Gasteiger charge is -2.16. The minimum atomic E-state index is -0.470. The smallest absolute Gasteiger partial charge is 0.269 e. The van der Waals surface area contributed by atoms with Crippen LogP contribution in [0, 0.1) is 10.1 Å². The van der Waals surface area contributed by atoms with E-state index < -0.39 is 4.92 Å². The molecule has 3 aromatic rings. The van der Waals surface area contributed by atoms with Gasteiger partial charge in [0.15, 0.2) is 5.78 Å². The van der Waals surface area contributed by atoms with Crippen LogP contribution in [-0.4, -0.2) is 24.9 Å². The second-order valence-electron chi connectivity index (χ2n) is 5.72. The highest BCUT2D eigenvalue weighted by Gasteiger charge is 2.23. The molecule has 0 atom stereocenters. The van der Waals surface area contributed by atoms with Gasteiger partial charge in [-0.1, -0.05) is 18.2 Å². The van der Waals surface area contributed by atoms with E-state index in [0.717, 1.165) is 10.4 Å². The van der Waals surface area contributed by atoms with Crippen LogP contribution in [0.2, 0.25) is 0 Å². The van der Waals surface area contributed by atoms with E-state index in [2.05, 4.69) is 0 Å². The number of ether oxygens (including phenoxy) is 2. The number of ketones is 1. The quantitative estimate of drug-likeness (QED) is 0.334. The van der Waals surface area contributed by atoms with E-state index in [1.807, 2.05) is 23.6 Å². The minimum absolute atomic E-state index is 0.0129. The van der Waals surface area contributed by atoms with Crippen LogP contribution in [0.15, 0.2) is 53.9 Å². The molecule has 0 aliphatic heterocycles. The summed E-state index contributed by atoms with van der Waals surface area (Å²) in [5.41, 5.74) is 1.85. The van der Waals surface area contributed by atoms with Crippen molar-refractivity contribution in [2.45, 2.75) is 6.42 Å². The number of Topliss-reactive ketones (excluding diaryl/α,β-unsaturated/α-hetero) is 1. The van der Waals surface area contributed by atoms with E-state index in [4.69, 9.17) is 9.47 Å². The number of thiophene rings is 1. The Kier molecular flexibility index (Phi) is 5.52. The SMILES string of the molecule is COc1ccc(-c2cccs2)c(OC)c1C(=O)Cc1ccc([N+](=O)[O-])cc1. The zero-order valence-electron chi connectivity index (χ0n) is 14.8. The fraction of sp³-hybridized carbons (Fsp3) is 0.150. The average molecular weight is 383 g/mol. The number of methoxy groups -OCH3 is 2. The van der Waals surface area contributed by atoms with Gasteiger partial charge in [-0.25, -0.2) is 0 Å². The predicted octanol–water partition coefficient (Wildman–Crippen LogP) is 4.77. The Morgan fingerprint density at radius 3 is 2.37 bits per heavy atom. The molecule has 0 radical (unpaired) electrons. The van der Waals surface area contributed by atoms with Crippen molar-refractivity contribution in [2.75, 3.05) is 14.2 Å². The molecule has 3 rings (SSSR count). The number of nitro groups is 1. The fourth-order valence-corrected chi connectivity index (χ4v) is 3.59. The third kappa shape index (κ3) is 3.83. The highest BCUT2D eigenvalue weighted by molar-refractivity contribution is 7.13. The molecule has 0 aliphatic carbocycles. The molecular weight excluding hydrogens is 366 g/mol. The van der Waals surface area contributed by atoms with Crippen LogP contribution in [0.4, 0.5) is 5.69 Å². The van der Waals surface area contributed by atoms with Crippen molar-refractivity contribution in [1.29, 1.82) is 0 Å². The number of hydrogen-bond acceptors (Lipinski definition) is 6. The minimum Gasteiger partial charge on any atom is -0.496 e. The second-order valence-corrected chi connectivity index (χ2v) is 6.67. The topological polar surface area (TPSA) is 78.7 Å². The van der Waals surface area contributed by atoms with Crippen LogP contribution in [0.1, 0.15) is 15.9 Å². The molecule has 0 N–H and O–H groups in total. The van der Waals surface area contributed by atoms with Crippen LogP contribution in [0.3, 0.4) is 0 Å². The van der Waals surface area contributed by atoms with Gasteiger partial charge in [-0.2, -0.15) is 0 Å². The molecule has 27 heavy (non-hydrogen) atoms. The molecule has 0 amide bonds. The van der Waals surface area contributed by atoms with Crippen LogP contribution >= 0.6 is 11.3 Å². The molecule has 0 fully saturated rings. The zero-order chi connectivity index (χ0) is 19.4. The van der Waals surface area contributed by atoms with E-state index in [-0.39, 0.29) is 17.9 Å². The van der Waals surface area contributed by atoms with E-state index in [1.54, 1.807) is 29.5 Å². The molecule has 0 spiro atoms. The van der Waals surface area contributed by atoms with Crippen LogP contribution in [0.5, 0.6) is 11.5 Å². The Morgan fingerprint density at radius 2 is 1.81 bits per heavy atom. The highest BCUT2D eigenvalue weighted by Crippen LogP contribution is 2.40. The average Bonchev–Trinajstić information content (AvgIpc) is 3.21. The number of carbonyl (C=O) groups excluding carboxylic acids is 1. The van der Waals surface area contributed by atoms with Gasteiger partial charge in [0.1, 0.15) is 17.1 Å². The Labute approximate surface area is 160 Å². The number of nitro benzene ring substituents is 1. The van der Waals surface area contributed by atoms with Crippen molar-refractivity contribution in [3.8, 4) is 21.9 Å². The lowest BCUT2D eigenvalue weighted by molar-refractivity contribution is -0.384. The maximum Gasteiger partial charge on any atom is 0.269 e. The summed E-state index contributed by atoms with van der Waals surface area (Å²) in [5, 5.41) is 12.7. The van der Waals surface area contributed by atoms with Gasteiger partial charge in [0.05, 0.1) is 19.1 Å². The van der Waals surface area contributed by atoms with E-state index in [0.29, 0.717) is 22.6 Å². The van der Waals surface area contributed by atoms with Crippen LogP contribution in [0.25, 0.3) is 10.4 Å². The number of benzene rings is 2. The summed E-state index contributed by atoms with van der Waals surface area (Å²) in [7, 11) is 3.02.